The van der Waals surface area contributed by atoms with Gasteiger partial charge in [-0.1, -0.05) is 19.1 Å². The normalized spacial score (nSPS) is 18.9. The molecule has 0 bridgehead atoms. The van der Waals surface area contributed by atoms with Crippen LogP contribution in [0, 0.1) is 11.7 Å². The lowest BCUT2D eigenvalue weighted by molar-refractivity contribution is -0.137. The van der Waals surface area contributed by atoms with Gasteiger partial charge in [-0.15, -0.1) is 0 Å². The van der Waals surface area contributed by atoms with Crippen LogP contribution in [-0.4, -0.2) is 72.5 Å². The number of carbonyl (C=O) groups is 1. The summed E-state index contributed by atoms with van der Waals surface area (Å²) in [6.45, 7) is 2.96. The number of benzene rings is 2. The molecule has 3 atom stereocenters. The monoisotopic (exact) mass is 595 g/mol. The van der Waals surface area contributed by atoms with Crippen molar-refractivity contribution in [1.82, 2.24) is 14.2 Å². The molecule has 220 valence electrons. The number of alkyl halides is 3. The number of carbonyl (C=O) groups excluding carboxylic acids is 1. The van der Waals surface area contributed by atoms with Crippen LogP contribution < -0.4 is 4.74 Å². The van der Waals surface area contributed by atoms with Gasteiger partial charge in [-0.2, -0.15) is 17.5 Å². The first-order valence-corrected chi connectivity index (χ1v) is 14.1. The molecule has 1 aromatic heterocycles. The minimum absolute atomic E-state index is 0.0406. The van der Waals surface area contributed by atoms with Crippen LogP contribution in [-0.2, 0) is 16.2 Å². The predicted molar refractivity (Wildman–Crippen MR) is 142 cm³/mol. The number of fused-ring (bicyclic) bond motifs is 1. The van der Waals surface area contributed by atoms with E-state index >= 15 is 0 Å². The van der Waals surface area contributed by atoms with Crippen molar-refractivity contribution in [1.29, 1.82) is 0 Å². The number of rotatable bonds is 7. The van der Waals surface area contributed by atoms with Gasteiger partial charge in [0.25, 0.3) is 5.91 Å². The Hall–Kier alpha value is -3.55. The quantitative estimate of drug-likeness (QED) is 0.406. The third kappa shape index (κ3) is 6.52. The zero-order valence-electron chi connectivity index (χ0n) is 22.5. The molecule has 0 saturated carbocycles. The van der Waals surface area contributed by atoms with Crippen molar-refractivity contribution in [3.8, 4) is 17.0 Å². The Labute approximate surface area is 235 Å². The number of nitrogens with zero attached hydrogens (tertiary/aromatic N) is 3. The molecule has 2 aromatic carbocycles. The molecule has 13 heteroatoms. The lowest BCUT2D eigenvalue weighted by Gasteiger charge is -2.37. The highest BCUT2D eigenvalue weighted by atomic mass is 32.2. The number of halogens is 4. The van der Waals surface area contributed by atoms with Gasteiger partial charge in [0.2, 0.25) is 15.9 Å². The third-order valence-corrected chi connectivity index (χ3v) is 8.84. The molecule has 0 fully saturated rings. The predicted octanol–water partition coefficient (Wildman–Crippen LogP) is 4.45. The highest BCUT2D eigenvalue weighted by Gasteiger charge is 2.36. The Morgan fingerprint density at radius 2 is 1.83 bits per heavy atom. The Bertz CT molecular complexity index is 1520. The molecule has 3 aromatic rings. The minimum atomic E-state index is -4.57. The van der Waals surface area contributed by atoms with E-state index in [1.54, 1.807) is 13.8 Å². The SMILES string of the molecule is C[C@H](CO)N1C[C@H](C)[C@H](CN(C)S(=O)(=O)c2ccc(F)cc2)Oc2ncc(-c3cccc(C(F)(F)F)c3)cc2C1=O. The summed E-state index contributed by atoms with van der Waals surface area (Å²) in [5, 5.41) is 9.84. The number of sulfonamides is 1. The summed E-state index contributed by atoms with van der Waals surface area (Å²) in [5.41, 5.74) is -0.480. The third-order valence-electron chi connectivity index (χ3n) is 7.00. The second kappa shape index (κ2) is 11.7. The Kier molecular flexibility index (Phi) is 8.71. The van der Waals surface area contributed by atoms with Gasteiger partial charge in [0.1, 0.15) is 17.5 Å². The average Bonchev–Trinajstić information content (AvgIpc) is 2.94. The van der Waals surface area contributed by atoms with Gasteiger partial charge in [-0.3, -0.25) is 4.79 Å². The van der Waals surface area contributed by atoms with Gasteiger partial charge in [-0.05, 0) is 55.0 Å². The second-order valence-corrected chi connectivity index (χ2v) is 12.1. The lowest BCUT2D eigenvalue weighted by Crippen LogP contribution is -2.50. The van der Waals surface area contributed by atoms with E-state index in [2.05, 4.69) is 4.98 Å². The minimum Gasteiger partial charge on any atom is -0.472 e. The van der Waals surface area contributed by atoms with E-state index in [4.69, 9.17) is 4.74 Å². The molecule has 8 nitrogen and oxygen atoms in total. The summed E-state index contributed by atoms with van der Waals surface area (Å²) in [6, 6.07) is 9.73. The zero-order valence-corrected chi connectivity index (χ0v) is 23.3. The van der Waals surface area contributed by atoms with Gasteiger partial charge in [-0.25, -0.2) is 17.8 Å². The smallest absolute Gasteiger partial charge is 0.416 e. The molecule has 41 heavy (non-hydrogen) atoms. The van der Waals surface area contributed by atoms with Crippen LogP contribution in [0.2, 0.25) is 0 Å². The van der Waals surface area contributed by atoms with Crippen LogP contribution in [0.1, 0.15) is 29.8 Å². The van der Waals surface area contributed by atoms with Crippen LogP contribution >= 0.6 is 0 Å². The first-order valence-electron chi connectivity index (χ1n) is 12.7. The molecule has 0 spiro atoms. The summed E-state index contributed by atoms with van der Waals surface area (Å²) < 4.78 is 86.7. The fraction of sp³-hybridized carbons (Fsp3) is 0.357. The number of hydrogen-bond donors (Lipinski definition) is 1. The van der Waals surface area contributed by atoms with E-state index in [0.717, 1.165) is 40.7 Å². The topological polar surface area (TPSA) is 100 Å². The Morgan fingerprint density at radius 1 is 1.15 bits per heavy atom. The summed E-state index contributed by atoms with van der Waals surface area (Å²) in [4.78, 5) is 19.2. The number of aliphatic hydroxyl groups excluding tert-OH is 1. The van der Waals surface area contributed by atoms with Crippen LogP contribution in [0.15, 0.2) is 65.7 Å². The number of hydrogen-bond acceptors (Lipinski definition) is 6. The average molecular weight is 596 g/mol. The van der Waals surface area contributed by atoms with Gasteiger partial charge in [0.15, 0.2) is 0 Å². The molecular formula is C28H29F4N3O5S. The maximum atomic E-state index is 13.6. The highest BCUT2D eigenvalue weighted by molar-refractivity contribution is 7.89. The molecule has 0 saturated heterocycles. The molecule has 2 heterocycles. The number of likely N-dealkylation sites (N-methyl/N-ethyl adjacent to an activating group) is 1. The van der Waals surface area contributed by atoms with E-state index < -0.39 is 51.6 Å². The van der Waals surface area contributed by atoms with Gasteiger partial charge >= 0.3 is 6.18 Å². The molecule has 1 N–H and O–H groups in total. The van der Waals surface area contributed by atoms with Crippen LogP contribution in [0.3, 0.4) is 0 Å². The van der Waals surface area contributed by atoms with E-state index in [1.807, 2.05) is 0 Å². The molecule has 1 amide bonds. The largest absolute Gasteiger partial charge is 0.472 e. The fourth-order valence-electron chi connectivity index (χ4n) is 4.49. The van der Waals surface area contributed by atoms with Crippen LogP contribution in [0.5, 0.6) is 5.88 Å². The standard InChI is InChI=1S/C28H29F4N3O5S/c1-17-14-35(18(2)16-36)27(37)24-12-20(19-5-4-6-21(11-19)28(30,31)32)13-33-26(24)40-25(17)15-34(3)41(38,39)23-9-7-22(29)8-10-23/h4-13,17-18,25,36H,14-16H2,1-3H3/t17-,18+,25-/m0/s1. The number of aromatic nitrogens is 1. The van der Waals surface area contributed by atoms with Crippen molar-refractivity contribution >= 4 is 15.9 Å². The van der Waals surface area contributed by atoms with Crippen molar-refractivity contribution in [3.63, 3.8) is 0 Å². The summed E-state index contributed by atoms with van der Waals surface area (Å²) in [5.74, 6) is -1.68. The van der Waals surface area contributed by atoms with E-state index in [0.29, 0.717) is 0 Å². The van der Waals surface area contributed by atoms with E-state index in [-0.39, 0.29) is 47.2 Å². The summed E-state index contributed by atoms with van der Waals surface area (Å²) in [6.07, 6.45) is -4.10. The maximum absolute atomic E-state index is 13.6. The molecule has 0 aliphatic carbocycles. The first-order chi connectivity index (χ1) is 19.2. The molecule has 4 rings (SSSR count). The van der Waals surface area contributed by atoms with Crippen LogP contribution in [0.25, 0.3) is 11.1 Å². The zero-order chi connectivity index (χ0) is 30.1. The molecule has 0 radical (unpaired) electrons. The molecule has 1 aliphatic heterocycles. The Morgan fingerprint density at radius 3 is 2.46 bits per heavy atom. The molecular weight excluding hydrogens is 566 g/mol. The van der Waals surface area contributed by atoms with E-state index in [1.165, 1.54) is 36.3 Å². The number of aliphatic hydroxyl groups is 1. The fourth-order valence-corrected chi connectivity index (χ4v) is 5.67. The van der Waals surface area contributed by atoms with Gasteiger partial charge in [0.05, 0.1) is 29.7 Å². The second-order valence-electron chi connectivity index (χ2n) is 10.0. The van der Waals surface area contributed by atoms with Gasteiger partial charge < -0.3 is 14.7 Å². The number of ether oxygens (including phenoxy) is 1. The Balaban J connectivity index is 1.72. The first kappa shape index (κ1) is 30.4. The number of amides is 1. The summed E-state index contributed by atoms with van der Waals surface area (Å²) >= 11 is 0. The van der Waals surface area contributed by atoms with Crippen LogP contribution in [0.4, 0.5) is 17.6 Å². The molecule has 0 unspecified atom stereocenters. The summed E-state index contributed by atoms with van der Waals surface area (Å²) in [7, 11) is -2.68. The van der Waals surface area contributed by atoms with Crippen molar-refractivity contribution < 1.29 is 40.6 Å². The van der Waals surface area contributed by atoms with Crippen molar-refractivity contribution in [3.05, 3.63) is 77.7 Å². The van der Waals surface area contributed by atoms with Crippen molar-refractivity contribution in [2.45, 2.75) is 37.1 Å². The van der Waals surface area contributed by atoms with E-state index in [9.17, 15) is 35.9 Å². The van der Waals surface area contributed by atoms with Gasteiger partial charge in [0, 0.05) is 31.3 Å². The lowest BCUT2D eigenvalue weighted by atomic mass is 9.99. The van der Waals surface area contributed by atoms with Crippen molar-refractivity contribution in [2.24, 2.45) is 5.92 Å². The van der Waals surface area contributed by atoms with Crippen molar-refractivity contribution in [2.75, 3.05) is 26.7 Å². The maximum Gasteiger partial charge on any atom is 0.416 e. The molecule has 1 aliphatic rings. The number of pyridine rings is 1. The highest BCUT2D eigenvalue weighted by Crippen LogP contribution is 2.34.